The molecule has 2 aromatic carbocycles. The Morgan fingerprint density at radius 2 is 1.76 bits per heavy atom. The van der Waals surface area contributed by atoms with Crippen molar-refractivity contribution in [2.45, 2.75) is 6.61 Å². The molecule has 0 bridgehead atoms. The lowest BCUT2D eigenvalue weighted by atomic mass is 10.2. The maximum Gasteiger partial charge on any atom is 0.142 e. The van der Waals surface area contributed by atoms with E-state index in [0.29, 0.717) is 11.3 Å². The van der Waals surface area contributed by atoms with Gasteiger partial charge >= 0.3 is 0 Å². The molecule has 2 nitrogen and oxygen atoms in total. The van der Waals surface area contributed by atoms with Gasteiger partial charge in [-0.15, -0.1) is 0 Å². The van der Waals surface area contributed by atoms with Gasteiger partial charge in [-0.3, -0.25) is 0 Å². The van der Waals surface area contributed by atoms with Gasteiger partial charge in [-0.1, -0.05) is 12.1 Å². The summed E-state index contributed by atoms with van der Waals surface area (Å²) in [5.74, 6) is -0.352. The second kappa shape index (κ2) is 4.82. The number of ether oxygens (including phenoxy) is 1. The SMILES string of the molecule is Nc1cc(F)ccc1OCc1cccc(F)c1. The Hall–Kier alpha value is -2.10. The molecule has 0 unspecified atom stereocenters. The molecule has 0 aliphatic heterocycles. The lowest BCUT2D eigenvalue weighted by Crippen LogP contribution is -1.99. The fraction of sp³-hybridized carbons (Fsp3) is 0.0769. The zero-order valence-corrected chi connectivity index (χ0v) is 8.99. The van der Waals surface area contributed by atoms with E-state index in [2.05, 4.69) is 0 Å². The van der Waals surface area contributed by atoms with Gasteiger partial charge in [0.15, 0.2) is 0 Å². The van der Waals surface area contributed by atoms with Crippen molar-refractivity contribution in [1.29, 1.82) is 0 Å². The van der Waals surface area contributed by atoms with Crippen LogP contribution in [0.15, 0.2) is 42.5 Å². The maximum absolute atomic E-state index is 12.9. The second-order valence-electron chi connectivity index (χ2n) is 3.60. The largest absolute Gasteiger partial charge is 0.487 e. The molecule has 2 rings (SSSR count). The molecule has 4 heteroatoms. The molecule has 0 spiro atoms. The van der Waals surface area contributed by atoms with E-state index in [1.807, 2.05) is 0 Å². The Morgan fingerprint density at radius 3 is 2.47 bits per heavy atom. The minimum Gasteiger partial charge on any atom is -0.487 e. The van der Waals surface area contributed by atoms with Crippen molar-refractivity contribution in [3.05, 3.63) is 59.7 Å². The van der Waals surface area contributed by atoms with Crippen LogP contribution in [0.2, 0.25) is 0 Å². The first-order valence-electron chi connectivity index (χ1n) is 5.07. The summed E-state index contributed by atoms with van der Waals surface area (Å²) in [5.41, 5.74) is 6.49. The van der Waals surface area contributed by atoms with E-state index in [9.17, 15) is 8.78 Å². The molecule has 17 heavy (non-hydrogen) atoms. The van der Waals surface area contributed by atoms with Crippen molar-refractivity contribution in [2.24, 2.45) is 0 Å². The van der Waals surface area contributed by atoms with Gasteiger partial charge < -0.3 is 10.5 Å². The topological polar surface area (TPSA) is 35.2 Å². The van der Waals surface area contributed by atoms with Gasteiger partial charge in [0, 0.05) is 6.07 Å². The average molecular weight is 235 g/mol. The summed E-state index contributed by atoms with van der Waals surface area (Å²) in [7, 11) is 0. The summed E-state index contributed by atoms with van der Waals surface area (Å²) in [6.07, 6.45) is 0. The number of halogens is 2. The molecule has 0 aromatic heterocycles. The summed E-state index contributed by atoms with van der Waals surface area (Å²) in [6.45, 7) is 0.188. The van der Waals surface area contributed by atoms with Crippen LogP contribution in [0.5, 0.6) is 5.75 Å². The molecular formula is C13H11F2NO. The van der Waals surface area contributed by atoms with Crippen LogP contribution >= 0.6 is 0 Å². The van der Waals surface area contributed by atoms with E-state index in [4.69, 9.17) is 10.5 Å². The quantitative estimate of drug-likeness (QED) is 0.829. The van der Waals surface area contributed by atoms with Crippen molar-refractivity contribution >= 4 is 5.69 Å². The molecule has 2 aromatic rings. The number of rotatable bonds is 3. The highest BCUT2D eigenvalue weighted by molar-refractivity contribution is 5.52. The zero-order chi connectivity index (χ0) is 12.3. The van der Waals surface area contributed by atoms with E-state index in [0.717, 1.165) is 0 Å². The Morgan fingerprint density at radius 1 is 1.00 bits per heavy atom. The van der Waals surface area contributed by atoms with Crippen LogP contribution in [-0.2, 0) is 6.61 Å². The highest BCUT2D eigenvalue weighted by atomic mass is 19.1. The molecule has 0 saturated carbocycles. The maximum atomic E-state index is 12.9. The molecule has 0 amide bonds. The van der Waals surface area contributed by atoms with Gasteiger partial charge in [0.05, 0.1) is 5.69 Å². The minimum absolute atomic E-state index is 0.188. The molecule has 0 fully saturated rings. The number of anilines is 1. The van der Waals surface area contributed by atoms with E-state index in [-0.39, 0.29) is 18.1 Å². The fourth-order valence-electron chi connectivity index (χ4n) is 1.44. The zero-order valence-electron chi connectivity index (χ0n) is 8.99. The minimum atomic E-state index is -0.416. The van der Waals surface area contributed by atoms with Crippen LogP contribution in [0, 0.1) is 11.6 Å². The highest BCUT2D eigenvalue weighted by Gasteiger charge is 2.02. The lowest BCUT2D eigenvalue weighted by molar-refractivity contribution is 0.307. The van der Waals surface area contributed by atoms with Gasteiger partial charge in [-0.25, -0.2) is 8.78 Å². The average Bonchev–Trinajstić information content (AvgIpc) is 2.28. The number of hydrogen-bond acceptors (Lipinski definition) is 2. The van der Waals surface area contributed by atoms with Crippen molar-refractivity contribution in [3.8, 4) is 5.75 Å². The molecule has 0 aliphatic rings. The Labute approximate surface area is 97.6 Å². The van der Waals surface area contributed by atoms with Crippen molar-refractivity contribution in [3.63, 3.8) is 0 Å². The molecule has 0 heterocycles. The Balaban J connectivity index is 2.07. The van der Waals surface area contributed by atoms with E-state index < -0.39 is 5.82 Å². The first kappa shape index (κ1) is 11.4. The van der Waals surface area contributed by atoms with Crippen molar-refractivity contribution in [1.82, 2.24) is 0 Å². The van der Waals surface area contributed by atoms with Crippen LogP contribution in [0.1, 0.15) is 5.56 Å². The fourth-order valence-corrected chi connectivity index (χ4v) is 1.44. The van der Waals surface area contributed by atoms with Gasteiger partial charge in [0.25, 0.3) is 0 Å². The first-order chi connectivity index (χ1) is 8.15. The standard InChI is InChI=1S/C13H11F2NO/c14-10-3-1-2-9(6-10)8-17-13-5-4-11(15)7-12(13)16/h1-7H,8,16H2. The number of nitrogen functional groups attached to an aromatic ring is 1. The van der Waals surface area contributed by atoms with Crippen LogP contribution in [-0.4, -0.2) is 0 Å². The van der Waals surface area contributed by atoms with E-state index in [1.54, 1.807) is 12.1 Å². The van der Waals surface area contributed by atoms with Crippen molar-refractivity contribution < 1.29 is 13.5 Å². The highest BCUT2D eigenvalue weighted by Crippen LogP contribution is 2.22. The second-order valence-corrected chi connectivity index (χ2v) is 3.60. The summed E-state index contributed by atoms with van der Waals surface area (Å²) in [4.78, 5) is 0. The molecule has 0 saturated heterocycles. The third kappa shape index (κ3) is 2.93. The molecule has 0 aliphatic carbocycles. The van der Waals surface area contributed by atoms with Gasteiger partial charge in [-0.05, 0) is 29.8 Å². The van der Waals surface area contributed by atoms with Crippen molar-refractivity contribution in [2.75, 3.05) is 5.73 Å². The Kier molecular flexibility index (Phi) is 3.23. The summed E-state index contributed by atoms with van der Waals surface area (Å²) in [6, 6.07) is 9.96. The van der Waals surface area contributed by atoms with E-state index >= 15 is 0 Å². The molecular weight excluding hydrogens is 224 g/mol. The molecule has 0 radical (unpaired) electrons. The van der Waals surface area contributed by atoms with Gasteiger partial charge in [0.2, 0.25) is 0 Å². The third-order valence-corrected chi connectivity index (χ3v) is 2.26. The van der Waals surface area contributed by atoms with Crippen LogP contribution in [0.3, 0.4) is 0 Å². The normalized spacial score (nSPS) is 10.2. The predicted octanol–water partition coefficient (Wildman–Crippen LogP) is 3.13. The molecule has 2 N–H and O–H groups in total. The third-order valence-electron chi connectivity index (χ3n) is 2.26. The molecule has 0 atom stereocenters. The van der Waals surface area contributed by atoms with Gasteiger partial charge in [-0.2, -0.15) is 0 Å². The summed E-state index contributed by atoms with van der Waals surface area (Å²) >= 11 is 0. The van der Waals surface area contributed by atoms with Crippen LogP contribution in [0.25, 0.3) is 0 Å². The Bertz CT molecular complexity index is 529. The van der Waals surface area contributed by atoms with Crippen LogP contribution < -0.4 is 10.5 Å². The number of nitrogens with two attached hydrogens (primary N) is 1. The summed E-state index contributed by atoms with van der Waals surface area (Å²) < 4.78 is 31.0. The predicted molar refractivity (Wildman–Crippen MR) is 61.5 cm³/mol. The monoisotopic (exact) mass is 235 g/mol. The van der Waals surface area contributed by atoms with E-state index in [1.165, 1.54) is 30.3 Å². The first-order valence-corrected chi connectivity index (χ1v) is 5.07. The summed E-state index contributed by atoms with van der Waals surface area (Å²) in [5, 5.41) is 0. The number of benzene rings is 2. The lowest BCUT2D eigenvalue weighted by Gasteiger charge is -2.08. The van der Waals surface area contributed by atoms with Crippen LogP contribution in [0.4, 0.5) is 14.5 Å². The smallest absolute Gasteiger partial charge is 0.142 e. The molecule has 88 valence electrons. The number of hydrogen-bond donors (Lipinski definition) is 1. The van der Waals surface area contributed by atoms with Gasteiger partial charge in [0.1, 0.15) is 24.0 Å².